The summed E-state index contributed by atoms with van der Waals surface area (Å²) in [6.45, 7) is 3.94. The number of allylic oxidation sites excluding steroid dienone is 12. The van der Waals surface area contributed by atoms with Crippen LogP contribution >= 0.6 is 0 Å². The Morgan fingerprint density at radius 3 is 2.07 bits per heavy atom. The SMILES string of the molecule is C=C/C=C\C=C1/Cc2c(ccc3c4c(n(-c5cccc(-n6c7ccccc7c7ccc8c(c9ccccc9n8-c8ccccc8)c76)c5)c23)C=CC=CC4)N1C1C=CC=CC=C1. The van der Waals surface area contributed by atoms with Gasteiger partial charge in [-0.15, -0.1) is 0 Å². The lowest BCUT2D eigenvalue weighted by Crippen LogP contribution is -2.29. The fourth-order valence-electron chi connectivity index (χ4n) is 10.3. The number of hydrogen-bond acceptors (Lipinski definition) is 1. The second-order valence-electron chi connectivity index (χ2n) is 16.0. The Bertz CT molecular complexity index is 3480. The van der Waals surface area contributed by atoms with Gasteiger partial charge in [0.1, 0.15) is 0 Å². The van der Waals surface area contributed by atoms with E-state index in [-0.39, 0.29) is 6.04 Å². The lowest BCUT2D eigenvalue weighted by atomic mass is 10.0. The third kappa shape index (κ3) is 5.39. The molecule has 61 heavy (non-hydrogen) atoms. The summed E-state index contributed by atoms with van der Waals surface area (Å²) in [5.74, 6) is 0. The fourth-order valence-corrected chi connectivity index (χ4v) is 10.3. The van der Waals surface area contributed by atoms with E-state index < -0.39 is 0 Å². The maximum absolute atomic E-state index is 3.94. The molecule has 0 N–H and O–H groups in total. The van der Waals surface area contributed by atoms with Gasteiger partial charge in [-0.2, -0.15) is 0 Å². The van der Waals surface area contributed by atoms with E-state index in [1.165, 1.54) is 82.7 Å². The summed E-state index contributed by atoms with van der Waals surface area (Å²) in [7, 11) is 0. The summed E-state index contributed by atoms with van der Waals surface area (Å²) < 4.78 is 7.47. The molecule has 0 bridgehead atoms. The maximum atomic E-state index is 3.94. The molecule has 4 heterocycles. The molecule has 0 amide bonds. The Kier molecular flexibility index (Phi) is 8.17. The summed E-state index contributed by atoms with van der Waals surface area (Å²) in [6.07, 6.45) is 32.0. The predicted octanol–water partition coefficient (Wildman–Crippen LogP) is 14.0. The van der Waals surface area contributed by atoms with E-state index in [1.807, 2.05) is 12.2 Å². The molecule has 3 aliphatic rings. The van der Waals surface area contributed by atoms with Crippen LogP contribution in [0.4, 0.5) is 5.69 Å². The summed E-state index contributed by atoms with van der Waals surface area (Å²) in [4.78, 5) is 2.51. The van der Waals surface area contributed by atoms with Gasteiger partial charge in [-0.25, -0.2) is 0 Å². The highest BCUT2D eigenvalue weighted by Gasteiger charge is 2.32. The molecule has 9 aromatic rings. The number of fused-ring (bicyclic) bond motifs is 12. The van der Waals surface area contributed by atoms with Crippen LogP contribution in [0, 0.1) is 0 Å². The zero-order valence-electron chi connectivity index (χ0n) is 33.7. The van der Waals surface area contributed by atoms with Crippen molar-refractivity contribution in [3.63, 3.8) is 0 Å². The van der Waals surface area contributed by atoms with Gasteiger partial charge in [0.05, 0.1) is 39.3 Å². The van der Waals surface area contributed by atoms with E-state index in [0.29, 0.717) is 0 Å². The standard InChI is InChI=1S/C57H42N4/c1-2-3-8-24-43-38-49-53(58(43)39-20-9-4-5-10-21-39)35-33-46-44-27-13-7-14-30-50(44)60(56(46)49)41-25-19-26-42(37-41)61-51-31-17-15-28-45(51)47-34-36-54-55(57(47)61)48-29-16-18-32-52(48)59(54)40-22-11-6-12-23-40/h2-26,28-37,39H,1,27,38H2/b8-3-,43-24+. The topological polar surface area (TPSA) is 18.0 Å². The Morgan fingerprint density at radius 1 is 0.525 bits per heavy atom. The highest BCUT2D eigenvalue weighted by atomic mass is 15.2. The number of para-hydroxylation sites is 3. The van der Waals surface area contributed by atoms with Crippen LogP contribution in [0.1, 0.15) is 16.8 Å². The smallest absolute Gasteiger partial charge is 0.0709 e. The van der Waals surface area contributed by atoms with Crippen LogP contribution in [0.15, 0.2) is 219 Å². The van der Waals surface area contributed by atoms with Gasteiger partial charge in [0.2, 0.25) is 0 Å². The van der Waals surface area contributed by atoms with E-state index >= 15 is 0 Å². The fraction of sp³-hybridized carbons (Fsp3) is 0.0526. The summed E-state index contributed by atoms with van der Waals surface area (Å²) in [6, 6.07) is 47.2. The van der Waals surface area contributed by atoms with Crippen LogP contribution in [0.2, 0.25) is 0 Å². The summed E-state index contributed by atoms with van der Waals surface area (Å²) in [5.41, 5.74) is 16.0. The molecule has 0 saturated carbocycles. The Balaban J connectivity index is 1.13. The number of nitrogens with zero attached hydrogens (tertiary/aromatic N) is 4. The molecule has 3 aromatic heterocycles. The van der Waals surface area contributed by atoms with Crippen molar-refractivity contribution < 1.29 is 0 Å². The average molecular weight is 783 g/mol. The van der Waals surface area contributed by atoms with E-state index in [2.05, 4.69) is 225 Å². The molecular formula is C57H42N4. The molecular weight excluding hydrogens is 741 g/mol. The third-order valence-corrected chi connectivity index (χ3v) is 12.7. The van der Waals surface area contributed by atoms with E-state index in [9.17, 15) is 0 Å². The number of anilines is 1. The van der Waals surface area contributed by atoms with Crippen LogP contribution in [0.5, 0.6) is 0 Å². The zero-order chi connectivity index (χ0) is 40.4. The van der Waals surface area contributed by atoms with Crippen molar-refractivity contribution >= 4 is 66.3 Å². The molecule has 4 heteroatoms. The van der Waals surface area contributed by atoms with Crippen LogP contribution < -0.4 is 4.90 Å². The largest absolute Gasteiger partial charge is 0.334 e. The van der Waals surface area contributed by atoms with Crippen LogP contribution in [0.25, 0.3) is 77.7 Å². The van der Waals surface area contributed by atoms with Gasteiger partial charge >= 0.3 is 0 Å². The zero-order valence-corrected chi connectivity index (χ0v) is 33.7. The number of aromatic nitrogens is 3. The average Bonchev–Trinajstić information content (AvgIpc) is 3.89. The van der Waals surface area contributed by atoms with Crippen molar-refractivity contribution in [2.75, 3.05) is 4.90 Å². The molecule has 0 saturated heterocycles. The van der Waals surface area contributed by atoms with Crippen molar-refractivity contribution in [2.24, 2.45) is 0 Å². The van der Waals surface area contributed by atoms with Gasteiger partial charge in [0.25, 0.3) is 0 Å². The molecule has 0 spiro atoms. The van der Waals surface area contributed by atoms with Crippen molar-refractivity contribution in [1.29, 1.82) is 0 Å². The van der Waals surface area contributed by atoms with Gasteiger partial charge in [0.15, 0.2) is 0 Å². The molecule has 0 unspecified atom stereocenters. The highest BCUT2D eigenvalue weighted by molar-refractivity contribution is 6.26. The first kappa shape index (κ1) is 35.2. The Labute approximate surface area is 354 Å². The second kappa shape index (κ2) is 14.2. The maximum Gasteiger partial charge on any atom is 0.0709 e. The number of hydrogen-bond donors (Lipinski definition) is 0. The Morgan fingerprint density at radius 2 is 1.25 bits per heavy atom. The predicted molar refractivity (Wildman–Crippen MR) is 259 cm³/mol. The van der Waals surface area contributed by atoms with E-state index in [0.717, 1.165) is 29.9 Å². The van der Waals surface area contributed by atoms with E-state index in [1.54, 1.807) is 0 Å². The normalized spacial score (nSPS) is 15.7. The minimum absolute atomic E-state index is 0.0875. The molecule has 2 aliphatic carbocycles. The van der Waals surface area contributed by atoms with E-state index in [4.69, 9.17) is 0 Å². The third-order valence-electron chi connectivity index (χ3n) is 12.7. The molecule has 290 valence electrons. The second-order valence-corrected chi connectivity index (χ2v) is 16.0. The lowest BCUT2D eigenvalue weighted by molar-refractivity contribution is 0.898. The van der Waals surface area contributed by atoms with Crippen molar-refractivity contribution in [2.45, 2.75) is 18.9 Å². The lowest BCUT2D eigenvalue weighted by Gasteiger charge is -2.27. The van der Waals surface area contributed by atoms with Crippen LogP contribution in [-0.2, 0) is 12.8 Å². The van der Waals surface area contributed by atoms with Crippen molar-refractivity contribution in [3.05, 3.63) is 235 Å². The monoisotopic (exact) mass is 782 g/mol. The minimum atomic E-state index is 0.0875. The molecule has 12 rings (SSSR count). The Hall–Kier alpha value is -7.82. The highest BCUT2D eigenvalue weighted by Crippen LogP contribution is 2.46. The van der Waals surface area contributed by atoms with Gasteiger partial charge in [-0.3, -0.25) is 0 Å². The molecule has 0 radical (unpaired) electrons. The first-order valence-electron chi connectivity index (χ1n) is 21.2. The molecule has 0 fully saturated rings. The summed E-state index contributed by atoms with van der Waals surface area (Å²) in [5, 5.41) is 6.30. The van der Waals surface area contributed by atoms with Crippen molar-refractivity contribution in [1.82, 2.24) is 13.7 Å². The first-order valence-corrected chi connectivity index (χ1v) is 21.2. The van der Waals surface area contributed by atoms with Gasteiger partial charge < -0.3 is 18.6 Å². The summed E-state index contributed by atoms with van der Waals surface area (Å²) >= 11 is 0. The van der Waals surface area contributed by atoms with Gasteiger partial charge in [0, 0.05) is 67.4 Å². The number of benzene rings is 6. The van der Waals surface area contributed by atoms with Crippen molar-refractivity contribution in [3.8, 4) is 17.1 Å². The molecule has 0 atom stereocenters. The first-order chi connectivity index (χ1) is 30.3. The number of rotatable bonds is 6. The molecule has 1 aliphatic heterocycles. The van der Waals surface area contributed by atoms with Crippen LogP contribution in [-0.4, -0.2) is 19.7 Å². The van der Waals surface area contributed by atoms with Crippen LogP contribution in [0.3, 0.4) is 0 Å². The molecule has 4 nitrogen and oxygen atoms in total. The van der Waals surface area contributed by atoms with Gasteiger partial charge in [-0.1, -0.05) is 152 Å². The van der Waals surface area contributed by atoms with Gasteiger partial charge in [-0.05, 0) is 78.7 Å². The quantitative estimate of drug-likeness (QED) is 0.154. The molecule has 6 aromatic carbocycles. The minimum Gasteiger partial charge on any atom is -0.334 e.